The first kappa shape index (κ1) is 16.5. The summed E-state index contributed by atoms with van der Waals surface area (Å²) in [6, 6.07) is 4.19. The lowest BCUT2D eigenvalue weighted by Gasteiger charge is -2.12. The second-order valence-electron chi connectivity index (χ2n) is 4.45. The number of primary amides is 1. The molecule has 0 fully saturated rings. The van der Waals surface area contributed by atoms with Crippen LogP contribution in [0.3, 0.4) is 0 Å². The van der Waals surface area contributed by atoms with E-state index in [9.17, 15) is 9.59 Å². The molecule has 21 heavy (non-hydrogen) atoms. The Morgan fingerprint density at radius 1 is 1.38 bits per heavy atom. The van der Waals surface area contributed by atoms with Crippen molar-refractivity contribution in [3.8, 4) is 11.5 Å². The molecule has 0 aromatic heterocycles. The van der Waals surface area contributed by atoms with Gasteiger partial charge < -0.3 is 15.2 Å². The molecule has 3 N–H and O–H groups in total. The van der Waals surface area contributed by atoms with Crippen LogP contribution in [-0.4, -0.2) is 24.8 Å². The van der Waals surface area contributed by atoms with Crippen LogP contribution in [0.2, 0.25) is 0 Å². The zero-order valence-electron chi connectivity index (χ0n) is 12.3. The number of urea groups is 1. The van der Waals surface area contributed by atoms with Gasteiger partial charge in [-0.3, -0.25) is 4.79 Å². The monoisotopic (exact) mass is 293 g/mol. The fourth-order valence-corrected chi connectivity index (χ4v) is 1.35. The number of benzene rings is 1. The van der Waals surface area contributed by atoms with Crippen molar-refractivity contribution in [1.29, 1.82) is 0 Å². The number of amides is 2. The smallest absolute Gasteiger partial charge is 0.332 e. The molecule has 0 unspecified atom stereocenters. The molecular formula is C14H19N3O4. The van der Waals surface area contributed by atoms with E-state index in [1.54, 1.807) is 32.0 Å². The summed E-state index contributed by atoms with van der Waals surface area (Å²) in [5, 5.41) is 3.65. The molecule has 0 atom stereocenters. The third-order valence-corrected chi connectivity index (χ3v) is 2.34. The second kappa shape index (κ2) is 7.88. The van der Waals surface area contributed by atoms with Gasteiger partial charge in [-0.2, -0.15) is 5.10 Å². The van der Waals surface area contributed by atoms with Gasteiger partial charge in [-0.1, -0.05) is 13.8 Å². The second-order valence-corrected chi connectivity index (χ2v) is 4.45. The lowest BCUT2D eigenvalue weighted by Crippen LogP contribution is -2.24. The van der Waals surface area contributed by atoms with E-state index >= 15 is 0 Å². The third-order valence-electron chi connectivity index (χ3n) is 2.34. The number of rotatable bonds is 6. The molecular weight excluding hydrogens is 274 g/mol. The van der Waals surface area contributed by atoms with E-state index in [0.717, 1.165) is 0 Å². The van der Waals surface area contributed by atoms with Crippen molar-refractivity contribution in [1.82, 2.24) is 5.43 Å². The first-order valence-electron chi connectivity index (χ1n) is 6.51. The standard InChI is InChI=1S/C14H19N3O4/c1-4-20-12-7-10(8-16-17-14(15)19)5-6-11(12)21-13(18)9(2)3/h5-9H,4H2,1-3H3,(H3,15,17,19). The molecule has 7 nitrogen and oxygen atoms in total. The zero-order chi connectivity index (χ0) is 15.8. The van der Waals surface area contributed by atoms with Gasteiger partial charge in [0.15, 0.2) is 11.5 Å². The minimum absolute atomic E-state index is 0.236. The SMILES string of the molecule is CCOc1cc(C=NNC(N)=O)ccc1OC(=O)C(C)C. The summed E-state index contributed by atoms with van der Waals surface area (Å²) in [4.78, 5) is 22.1. The number of carbonyl (C=O) groups excluding carboxylic acids is 2. The van der Waals surface area contributed by atoms with E-state index in [0.29, 0.717) is 23.7 Å². The van der Waals surface area contributed by atoms with Crippen molar-refractivity contribution < 1.29 is 19.1 Å². The molecule has 0 spiro atoms. The molecule has 0 bridgehead atoms. The molecule has 0 saturated carbocycles. The van der Waals surface area contributed by atoms with Crippen LogP contribution in [0.5, 0.6) is 11.5 Å². The summed E-state index contributed by atoms with van der Waals surface area (Å²) < 4.78 is 10.7. The Morgan fingerprint density at radius 2 is 2.10 bits per heavy atom. The zero-order valence-corrected chi connectivity index (χ0v) is 12.3. The van der Waals surface area contributed by atoms with Crippen LogP contribution in [0.1, 0.15) is 26.3 Å². The van der Waals surface area contributed by atoms with E-state index in [2.05, 4.69) is 10.5 Å². The Balaban J connectivity index is 2.93. The van der Waals surface area contributed by atoms with Crippen molar-refractivity contribution in [3.05, 3.63) is 23.8 Å². The Hall–Kier alpha value is -2.57. The summed E-state index contributed by atoms with van der Waals surface area (Å²) in [5.74, 6) is 0.193. The van der Waals surface area contributed by atoms with Crippen molar-refractivity contribution in [2.75, 3.05) is 6.61 Å². The molecule has 1 aromatic rings. The highest BCUT2D eigenvalue weighted by Crippen LogP contribution is 2.28. The van der Waals surface area contributed by atoms with Crippen molar-refractivity contribution >= 4 is 18.2 Å². The largest absolute Gasteiger partial charge is 0.490 e. The van der Waals surface area contributed by atoms with Crippen molar-refractivity contribution in [2.24, 2.45) is 16.8 Å². The molecule has 0 aliphatic carbocycles. The summed E-state index contributed by atoms with van der Waals surface area (Å²) in [6.45, 7) is 5.74. The number of esters is 1. The van der Waals surface area contributed by atoms with Crippen LogP contribution < -0.4 is 20.6 Å². The van der Waals surface area contributed by atoms with Gasteiger partial charge in [0.05, 0.1) is 18.7 Å². The Bertz CT molecular complexity index is 541. The highest BCUT2D eigenvalue weighted by atomic mass is 16.6. The van der Waals surface area contributed by atoms with Crippen molar-refractivity contribution in [3.63, 3.8) is 0 Å². The molecule has 1 rings (SSSR count). The molecule has 0 aliphatic heterocycles. The first-order chi connectivity index (χ1) is 9.93. The molecule has 1 aromatic carbocycles. The van der Waals surface area contributed by atoms with Crippen LogP contribution >= 0.6 is 0 Å². The van der Waals surface area contributed by atoms with Gasteiger partial charge in [0.2, 0.25) is 0 Å². The lowest BCUT2D eigenvalue weighted by atomic mass is 10.2. The van der Waals surface area contributed by atoms with E-state index in [1.807, 2.05) is 6.92 Å². The quantitative estimate of drug-likeness (QED) is 0.360. The Kier molecular flexibility index (Phi) is 6.19. The Morgan fingerprint density at radius 3 is 2.67 bits per heavy atom. The normalized spacial score (nSPS) is 10.7. The molecule has 0 saturated heterocycles. The van der Waals surface area contributed by atoms with Crippen molar-refractivity contribution in [2.45, 2.75) is 20.8 Å². The van der Waals surface area contributed by atoms with Crippen LogP contribution in [-0.2, 0) is 4.79 Å². The van der Waals surface area contributed by atoms with Crippen LogP contribution in [0.25, 0.3) is 0 Å². The number of nitrogens with one attached hydrogen (secondary N) is 1. The van der Waals surface area contributed by atoms with Gasteiger partial charge in [-0.15, -0.1) is 0 Å². The maximum atomic E-state index is 11.6. The topological polar surface area (TPSA) is 103 Å². The minimum atomic E-state index is -0.751. The predicted molar refractivity (Wildman–Crippen MR) is 78.4 cm³/mol. The minimum Gasteiger partial charge on any atom is -0.490 e. The number of nitrogens with zero attached hydrogens (tertiary/aromatic N) is 1. The van der Waals surface area contributed by atoms with Crippen LogP contribution in [0, 0.1) is 5.92 Å². The summed E-state index contributed by atoms with van der Waals surface area (Å²) >= 11 is 0. The lowest BCUT2D eigenvalue weighted by molar-refractivity contribution is -0.137. The fraction of sp³-hybridized carbons (Fsp3) is 0.357. The summed E-state index contributed by atoms with van der Waals surface area (Å²) in [5.41, 5.74) is 7.65. The maximum Gasteiger partial charge on any atom is 0.332 e. The van der Waals surface area contributed by atoms with Crippen LogP contribution in [0.15, 0.2) is 23.3 Å². The Labute approximate surface area is 123 Å². The van der Waals surface area contributed by atoms with E-state index in [1.165, 1.54) is 6.21 Å². The third kappa shape index (κ3) is 5.52. The van der Waals surface area contributed by atoms with Gasteiger partial charge in [0, 0.05) is 0 Å². The van der Waals surface area contributed by atoms with Gasteiger partial charge in [-0.25, -0.2) is 10.2 Å². The average molecular weight is 293 g/mol. The van der Waals surface area contributed by atoms with Gasteiger partial charge in [0.25, 0.3) is 0 Å². The fourth-order valence-electron chi connectivity index (χ4n) is 1.35. The molecule has 7 heteroatoms. The average Bonchev–Trinajstić information content (AvgIpc) is 2.41. The summed E-state index contributed by atoms with van der Waals surface area (Å²) in [6.07, 6.45) is 1.40. The molecule has 0 radical (unpaired) electrons. The van der Waals surface area contributed by atoms with Gasteiger partial charge in [-0.05, 0) is 30.7 Å². The highest BCUT2D eigenvalue weighted by Gasteiger charge is 2.13. The molecule has 0 aliphatic rings. The molecule has 0 heterocycles. The predicted octanol–water partition coefficient (Wildman–Crippen LogP) is 1.65. The van der Waals surface area contributed by atoms with E-state index in [-0.39, 0.29) is 11.9 Å². The molecule has 2 amide bonds. The number of carbonyl (C=O) groups is 2. The number of hydrogen-bond donors (Lipinski definition) is 2. The van der Waals surface area contributed by atoms with E-state index < -0.39 is 6.03 Å². The molecule has 114 valence electrons. The highest BCUT2D eigenvalue weighted by molar-refractivity contribution is 5.83. The number of hydrogen-bond acceptors (Lipinski definition) is 5. The van der Waals surface area contributed by atoms with E-state index in [4.69, 9.17) is 15.2 Å². The number of nitrogens with two attached hydrogens (primary N) is 1. The first-order valence-corrected chi connectivity index (χ1v) is 6.51. The maximum absolute atomic E-state index is 11.6. The number of ether oxygens (including phenoxy) is 2. The number of hydrazone groups is 1. The van der Waals surface area contributed by atoms with Gasteiger partial charge >= 0.3 is 12.0 Å². The van der Waals surface area contributed by atoms with Crippen LogP contribution in [0.4, 0.5) is 4.79 Å². The summed E-state index contributed by atoms with van der Waals surface area (Å²) in [7, 11) is 0. The van der Waals surface area contributed by atoms with Gasteiger partial charge in [0.1, 0.15) is 0 Å².